The van der Waals surface area contributed by atoms with E-state index in [-0.39, 0.29) is 17.8 Å². The smallest absolute Gasteiger partial charge is 0.407 e. The molecule has 2 aromatic heterocycles. The lowest BCUT2D eigenvalue weighted by atomic mass is 10.1. The second-order valence-electron chi connectivity index (χ2n) is 8.37. The van der Waals surface area contributed by atoms with E-state index in [9.17, 15) is 19.1 Å². The monoisotopic (exact) mass is 463 g/mol. The van der Waals surface area contributed by atoms with Crippen LogP contribution in [-0.2, 0) is 6.54 Å². The Labute approximate surface area is 197 Å². The Kier molecular flexibility index (Phi) is 6.83. The Balaban J connectivity index is 1.37. The molecule has 8 nitrogen and oxygen atoms in total. The van der Waals surface area contributed by atoms with Crippen molar-refractivity contribution in [1.82, 2.24) is 19.8 Å². The second kappa shape index (κ2) is 9.96. The number of piperazine rings is 1. The number of rotatable bonds is 5. The number of carbonyl (C=O) groups is 2. The summed E-state index contributed by atoms with van der Waals surface area (Å²) >= 11 is 0. The number of hydrogen-bond donors (Lipinski definition) is 1. The quantitative estimate of drug-likeness (QED) is 0.620. The normalized spacial score (nSPS) is 16.3. The number of nitrogens with zero attached hydrogens (tertiary/aromatic N) is 5. The zero-order valence-corrected chi connectivity index (χ0v) is 19.1. The molecule has 0 spiro atoms. The van der Waals surface area contributed by atoms with E-state index in [1.165, 1.54) is 28.1 Å². The van der Waals surface area contributed by atoms with E-state index < -0.39 is 6.09 Å². The number of hydrogen-bond acceptors (Lipinski definition) is 5. The maximum atomic E-state index is 13.1. The third kappa shape index (κ3) is 5.20. The third-order valence-electron chi connectivity index (χ3n) is 5.99. The molecule has 1 aliphatic rings. The molecule has 0 aliphatic carbocycles. The fraction of sp³-hybridized carbons (Fsp3) is 0.280. The Morgan fingerprint density at radius 1 is 1.06 bits per heavy atom. The number of pyridine rings is 2. The Bertz CT molecular complexity index is 1150. The zero-order valence-electron chi connectivity index (χ0n) is 19.1. The van der Waals surface area contributed by atoms with Gasteiger partial charge in [-0.2, -0.15) is 0 Å². The van der Waals surface area contributed by atoms with Crippen LogP contribution in [0.4, 0.5) is 14.9 Å². The number of carboxylic acid groups (broad SMARTS) is 1. The summed E-state index contributed by atoms with van der Waals surface area (Å²) in [5.74, 6) is -0.529. The molecule has 1 aliphatic heterocycles. The predicted octanol–water partition coefficient (Wildman–Crippen LogP) is 3.74. The minimum atomic E-state index is -0.886. The SMILES string of the molecule is C[C@H]1CN(Cc2ccc(N(C)C(=O)c3ccc(-c4ccc(F)cc4)nc3)cn2)CCN1C(=O)O. The summed E-state index contributed by atoms with van der Waals surface area (Å²) in [6, 6.07) is 13.1. The summed E-state index contributed by atoms with van der Waals surface area (Å²) in [7, 11) is 1.68. The summed E-state index contributed by atoms with van der Waals surface area (Å²) in [6.45, 7) is 4.29. The topological polar surface area (TPSA) is 89.9 Å². The summed E-state index contributed by atoms with van der Waals surface area (Å²) in [5.41, 5.74) is 3.37. The van der Waals surface area contributed by atoms with E-state index in [2.05, 4.69) is 14.9 Å². The number of benzene rings is 1. The summed E-state index contributed by atoms with van der Waals surface area (Å²) in [6.07, 6.45) is 2.28. The van der Waals surface area contributed by atoms with Crippen molar-refractivity contribution >= 4 is 17.7 Å². The van der Waals surface area contributed by atoms with E-state index in [1.54, 1.807) is 37.5 Å². The summed E-state index contributed by atoms with van der Waals surface area (Å²) in [4.78, 5) is 38.1. The van der Waals surface area contributed by atoms with Crippen molar-refractivity contribution in [1.29, 1.82) is 0 Å². The van der Waals surface area contributed by atoms with Gasteiger partial charge in [0.25, 0.3) is 5.91 Å². The Morgan fingerprint density at radius 2 is 1.82 bits per heavy atom. The molecule has 0 saturated carbocycles. The molecular weight excluding hydrogens is 437 g/mol. The number of halogens is 1. The summed E-state index contributed by atoms with van der Waals surface area (Å²) < 4.78 is 13.1. The molecule has 0 radical (unpaired) electrons. The average molecular weight is 464 g/mol. The van der Waals surface area contributed by atoms with Crippen LogP contribution in [0.3, 0.4) is 0 Å². The lowest BCUT2D eigenvalue weighted by Crippen LogP contribution is -2.53. The van der Waals surface area contributed by atoms with Crippen LogP contribution in [-0.4, -0.2) is 69.6 Å². The lowest BCUT2D eigenvalue weighted by molar-refractivity contribution is 0.0706. The van der Waals surface area contributed by atoms with Crippen molar-refractivity contribution in [3.63, 3.8) is 0 Å². The van der Waals surface area contributed by atoms with Gasteiger partial charge in [-0.1, -0.05) is 0 Å². The van der Waals surface area contributed by atoms with Crippen LogP contribution in [0, 0.1) is 5.82 Å². The number of anilines is 1. The molecule has 3 heterocycles. The fourth-order valence-electron chi connectivity index (χ4n) is 4.02. The molecule has 1 aromatic carbocycles. The maximum Gasteiger partial charge on any atom is 0.407 e. The van der Waals surface area contributed by atoms with Crippen LogP contribution in [0.1, 0.15) is 23.0 Å². The van der Waals surface area contributed by atoms with E-state index in [4.69, 9.17) is 0 Å². The van der Waals surface area contributed by atoms with E-state index >= 15 is 0 Å². The van der Waals surface area contributed by atoms with Gasteiger partial charge >= 0.3 is 6.09 Å². The van der Waals surface area contributed by atoms with Crippen LogP contribution in [0.15, 0.2) is 60.9 Å². The van der Waals surface area contributed by atoms with Gasteiger partial charge in [0.2, 0.25) is 0 Å². The second-order valence-corrected chi connectivity index (χ2v) is 8.37. The van der Waals surface area contributed by atoms with Crippen molar-refractivity contribution in [3.05, 3.63) is 78.0 Å². The predicted molar refractivity (Wildman–Crippen MR) is 126 cm³/mol. The van der Waals surface area contributed by atoms with E-state index in [1.807, 2.05) is 19.1 Å². The largest absolute Gasteiger partial charge is 0.465 e. The third-order valence-corrected chi connectivity index (χ3v) is 5.99. The first-order valence-electron chi connectivity index (χ1n) is 11.0. The highest BCUT2D eigenvalue weighted by atomic mass is 19.1. The van der Waals surface area contributed by atoms with Gasteiger partial charge in [-0.25, -0.2) is 9.18 Å². The highest BCUT2D eigenvalue weighted by Gasteiger charge is 2.27. The summed E-state index contributed by atoms with van der Waals surface area (Å²) in [5, 5.41) is 9.22. The minimum Gasteiger partial charge on any atom is -0.465 e. The standard InChI is InChI=1S/C25H26FN5O3/c1-17-15-30(11-12-31(17)25(33)34)16-21-8-9-22(14-27-21)29(2)24(32)19-5-10-23(28-13-19)18-3-6-20(26)7-4-18/h3-10,13-14,17H,11-12,15-16H2,1-2H3,(H,33,34)/t17-/m0/s1. The van der Waals surface area contributed by atoms with Crippen LogP contribution in [0.5, 0.6) is 0 Å². The van der Waals surface area contributed by atoms with Crippen LogP contribution in [0.2, 0.25) is 0 Å². The molecule has 9 heteroatoms. The highest BCUT2D eigenvalue weighted by molar-refractivity contribution is 6.05. The van der Waals surface area contributed by atoms with Crippen molar-refractivity contribution in [2.45, 2.75) is 19.5 Å². The van der Waals surface area contributed by atoms with Gasteiger partial charge in [0.05, 0.1) is 28.8 Å². The number of amides is 2. The van der Waals surface area contributed by atoms with Crippen molar-refractivity contribution < 1.29 is 19.1 Å². The van der Waals surface area contributed by atoms with Crippen LogP contribution >= 0.6 is 0 Å². The first-order valence-corrected chi connectivity index (χ1v) is 11.0. The molecule has 3 aromatic rings. The Morgan fingerprint density at radius 3 is 2.41 bits per heavy atom. The van der Waals surface area contributed by atoms with E-state index in [0.717, 1.165) is 11.3 Å². The van der Waals surface area contributed by atoms with Gasteiger partial charge in [-0.05, 0) is 55.5 Å². The van der Waals surface area contributed by atoms with Gasteiger partial charge in [-0.3, -0.25) is 19.7 Å². The van der Waals surface area contributed by atoms with Crippen molar-refractivity contribution in [3.8, 4) is 11.3 Å². The molecule has 1 saturated heterocycles. The molecule has 1 atom stereocenters. The number of carbonyl (C=O) groups excluding carboxylic acids is 1. The molecule has 176 valence electrons. The fourth-order valence-corrected chi connectivity index (χ4v) is 4.02. The van der Waals surface area contributed by atoms with Crippen molar-refractivity contribution in [2.75, 3.05) is 31.6 Å². The van der Waals surface area contributed by atoms with Gasteiger partial charge < -0.3 is 14.9 Å². The average Bonchev–Trinajstić information content (AvgIpc) is 2.84. The first-order chi connectivity index (χ1) is 16.3. The highest BCUT2D eigenvalue weighted by Crippen LogP contribution is 2.20. The molecule has 4 rings (SSSR count). The van der Waals surface area contributed by atoms with Crippen LogP contribution < -0.4 is 4.90 Å². The molecular formula is C25H26FN5O3. The number of aromatic nitrogens is 2. The van der Waals surface area contributed by atoms with Crippen molar-refractivity contribution in [2.24, 2.45) is 0 Å². The maximum absolute atomic E-state index is 13.1. The first kappa shape index (κ1) is 23.3. The molecule has 34 heavy (non-hydrogen) atoms. The Hall–Kier alpha value is -3.85. The van der Waals surface area contributed by atoms with E-state index in [0.29, 0.717) is 43.1 Å². The van der Waals surface area contributed by atoms with Gasteiger partial charge in [-0.15, -0.1) is 0 Å². The minimum absolute atomic E-state index is 0.0719. The molecule has 2 amide bonds. The molecule has 0 unspecified atom stereocenters. The van der Waals surface area contributed by atoms with Gasteiger partial charge in [0.1, 0.15) is 5.82 Å². The molecule has 0 bridgehead atoms. The van der Waals surface area contributed by atoms with Gasteiger partial charge in [0, 0.05) is 51.0 Å². The lowest BCUT2D eigenvalue weighted by Gasteiger charge is -2.38. The zero-order chi connectivity index (χ0) is 24.2. The van der Waals surface area contributed by atoms with Gasteiger partial charge in [0.15, 0.2) is 0 Å². The van der Waals surface area contributed by atoms with Crippen LogP contribution in [0.25, 0.3) is 11.3 Å². The molecule has 1 fully saturated rings. The molecule has 1 N–H and O–H groups in total.